The van der Waals surface area contributed by atoms with Crippen LogP contribution in [0.15, 0.2) is 22.8 Å². The van der Waals surface area contributed by atoms with Crippen molar-refractivity contribution in [2.24, 2.45) is 5.92 Å². The molecule has 1 aromatic rings. The van der Waals surface area contributed by atoms with Gasteiger partial charge in [0.2, 0.25) is 0 Å². The number of ether oxygens (including phenoxy) is 1. The van der Waals surface area contributed by atoms with Crippen LogP contribution >= 0.6 is 0 Å². The summed E-state index contributed by atoms with van der Waals surface area (Å²) < 4.78 is 11.0. The maximum Gasteiger partial charge on any atom is 0.129 e. The van der Waals surface area contributed by atoms with Crippen LogP contribution in [0.2, 0.25) is 0 Å². The number of hydrogen-bond donors (Lipinski definition) is 1. The van der Waals surface area contributed by atoms with E-state index in [1.807, 2.05) is 12.1 Å². The summed E-state index contributed by atoms with van der Waals surface area (Å²) in [5.41, 5.74) is 0. The van der Waals surface area contributed by atoms with Crippen molar-refractivity contribution in [1.82, 2.24) is 5.32 Å². The van der Waals surface area contributed by atoms with Crippen molar-refractivity contribution in [1.29, 1.82) is 0 Å². The average molecular weight is 211 g/mol. The number of furan rings is 1. The molecule has 3 heteroatoms. The maximum atomic E-state index is 5.79. The molecule has 0 aliphatic heterocycles. The van der Waals surface area contributed by atoms with Gasteiger partial charge in [-0.1, -0.05) is 20.8 Å². The molecule has 1 aromatic heterocycles. The molecule has 1 rings (SSSR count). The van der Waals surface area contributed by atoms with E-state index in [4.69, 9.17) is 9.15 Å². The lowest BCUT2D eigenvalue weighted by atomic mass is 10.1. The van der Waals surface area contributed by atoms with E-state index in [1.54, 1.807) is 6.26 Å². The Morgan fingerprint density at radius 1 is 1.47 bits per heavy atom. The van der Waals surface area contributed by atoms with Gasteiger partial charge >= 0.3 is 0 Å². The smallest absolute Gasteiger partial charge is 0.129 e. The topological polar surface area (TPSA) is 34.4 Å². The summed E-state index contributed by atoms with van der Waals surface area (Å²) in [7, 11) is 0. The minimum Gasteiger partial charge on any atom is -0.467 e. The Bertz CT molecular complexity index is 244. The lowest BCUT2D eigenvalue weighted by Crippen LogP contribution is -2.32. The highest BCUT2D eigenvalue weighted by Gasteiger charge is 2.13. The molecule has 1 unspecified atom stereocenters. The minimum atomic E-state index is 0.245. The van der Waals surface area contributed by atoms with E-state index >= 15 is 0 Å². The summed E-state index contributed by atoms with van der Waals surface area (Å²) in [6.07, 6.45) is 1.92. The predicted molar refractivity (Wildman–Crippen MR) is 60.7 cm³/mol. The van der Waals surface area contributed by atoms with Crippen LogP contribution in [-0.4, -0.2) is 19.2 Å². The fourth-order valence-corrected chi connectivity index (χ4v) is 1.36. The molecule has 0 spiro atoms. The van der Waals surface area contributed by atoms with Crippen LogP contribution in [-0.2, 0) is 11.3 Å². The molecular weight excluding hydrogens is 190 g/mol. The average Bonchev–Trinajstić information content (AvgIpc) is 2.70. The Morgan fingerprint density at radius 2 is 2.27 bits per heavy atom. The molecule has 3 nitrogen and oxygen atoms in total. The molecule has 1 atom stereocenters. The fourth-order valence-electron chi connectivity index (χ4n) is 1.36. The second-order valence-electron chi connectivity index (χ2n) is 3.98. The van der Waals surface area contributed by atoms with Crippen LogP contribution in [0.25, 0.3) is 0 Å². The molecule has 0 saturated carbocycles. The van der Waals surface area contributed by atoms with Crippen molar-refractivity contribution in [3.8, 4) is 0 Å². The van der Waals surface area contributed by atoms with E-state index in [0.717, 1.165) is 18.8 Å². The monoisotopic (exact) mass is 211 g/mol. The van der Waals surface area contributed by atoms with Crippen molar-refractivity contribution >= 4 is 0 Å². The van der Waals surface area contributed by atoms with Crippen LogP contribution in [0, 0.1) is 5.92 Å². The molecule has 0 aliphatic rings. The zero-order valence-electron chi connectivity index (χ0n) is 9.82. The number of likely N-dealkylation sites (N-methyl/N-ethyl adjacent to an activating group) is 1. The van der Waals surface area contributed by atoms with Crippen molar-refractivity contribution in [3.05, 3.63) is 24.2 Å². The Morgan fingerprint density at radius 3 is 2.80 bits per heavy atom. The number of rotatable bonds is 7. The molecule has 1 heterocycles. The Hall–Kier alpha value is -0.800. The van der Waals surface area contributed by atoms with E-state index in [1.165, 1.54) is 0 Å². The van der Waals surface area contributed by atoms with Crippen LogP contribution in [0.1, 0.15) is 26.5 Å². The molecule has 1 N–H and O–H groups in total. The third-order valence-electron chi connectivity index (χ3n) is 2.36. The summed E-state index contributed by atoms with van der Waals surface area (Å²) >= 11 is 0. The molecule has 0 amide bonds. The summed E-state index contributed by atoms with van der Waals surface area (Å²) in [6.45, 7) is 8.88. The van der Waals surface area contributed by atoms with Crippen molar-refractivity contribution in [2.45, 2.75) is 33.5 Å². The predicted octanol–water partition coefficient (Wildman–Crippen LogP) is 2.43. The lowest BCUT2D eigenvalue weighted by molar-refractivity contribution is 0.00378. The Kier molecular flexibility index (Phi) is 5.43. The highest BCUT2D eigenvalue weighted by Crippen LogP contribution is 2.10. The molecule has 0 saturated heterocycles. The van der Waals surface area contributed by atoms with Gasteiger partial charge in [-0.15, -0.1) is 0 Å². The standard InChI is InChI=1S/C12H21NO2/c1-4-13-8-12(10(2)3)15-9-11-6-5-7-14-11/h5-7,10,12-13H,4,8-9H2,1-3H3. The molecule has 86 valence electrons. The first-order valence-corrected chi connectivity index (χ1v) is 5.58. The quantitative estimate of drug-likeness (QED) is 0.752. The summed E-state index contributed by atoms with van der Waals surface area (Å²) in [5.74, 6) is 1.40. The molecule has 0 aliphatic carbocycles. The summed E-state index contributed by atoms with van der Waals surface area (Å²) in [6, 6.07) is 3.82. The first kappa shape index (κ1) is 12.3. The van der Waals surface area contributed by atoms with E-state index in [9.17, 15) is 0 Å². The zero-order chi connectivity index (χ0) is 11.1. The first-order chi connectivity index (χ1) is 7.24. The maximum absolute atomic E-state index is 5.79. The third-order valence-corrected chi connectivity index (χ3v) is 2.36. The highest BCUT2D eigenvalue weighted by atomic mass is 16.5. The normalized spacial score (nSPS) is 13.3. The molecule has 0 aromatic carbocycles. The second-order valence-corrected chi connectivity index (χ2v) is 3.98. The molecular formula is C12H21NO2. The summed E-state index contributed by atoms with van der Waals surface area (Å²) in [4.78, 5) is 0. The molecule has 0 radical (unpaired) electrons. The minimum absolute atomic E-state index is 0.245. The molecule has 15 heavy (non-hydrogen) atoms. The van der Waals surface area contributed by atoms with Gasteiger partial charge in [0.05, 0.1) is 12.4 Å². The van der Waals surface area contributed by atoms with E-state index < -0.39 is 0 Å². The number of nitrogens with one attached hydrogen (secondary N) is 1. The van der Waals surface area contributed by atoms with Crippen molar-refractivity contribution in [3.63, 3.8) is 0 Å². The fraction of sp³-hybridized carbons (Fsp3) is 0.667. The number of hydrogen-bond acceptors (Lipinski definition) is 3. The van der Waals surface area contributed by atoms with Crippen LogP contribution in [0.3, 0.4) is 0 Å². The lowest BCUT2D eigenvalue weighted by Gasteiger charge is -2.21. The van der Waals surface area contributed by atoms with Gasteiger partial charge in [-0.2, -0.15) is 0 Å². The van der Waals surface area contributed by atoms with Gasteiger partial charge in [-0.05, 0) is 24.6 Å². The molecule has 0 bridgehead atoms. The van der Waals surface area contributed by atoms with Gasteiger partial charge in [0.15, 0.2) is 0 Å². The Balaban J connectivity index is 2.31. The van der Waals surface area contributed by atoms with Gasteiger partial charge in [-0.3, -0.25) is 0 Å². The first-order valence-electron chi connectivity index (χ1n) is 5.58. The van der Waals surface area contributed by atoms with Crippen molar-refractivity contribution < 1.29 is 9.15 Å². The van der Waals surface area contributed by atoms with Crippen LogP contribution in [0.5, 0.6) is 0 Å². The van der Waals surface area contributed by atoms with Crippen LogP contribution in [0.4, 0.5) is 0 Å². The van der Waals surface area contributed by atoms with Gasteiger partial charge < -0.3 is 14.5 Å². The second kappa shape index (κ2) is 6.64. The van der Waals surface area contributed by atoms with Gasteiger partial charge in [-0.25, -0.2) is 0 Å². The molecule has 0 fully saturated rings. The van der Waals surface area contributed by atoms with Gasteiger partial charge in [0.25, 0.3) is 0 Å². The van der Waals surface area contributed by atoms with Crippen LogP contribution < -0.4 is 5.32 Å². The highest BCUT2D eigenvalue weighted by molar-refractivity contribution is 4.96. The third kappa shape index (κ3) is 4.49. The SMILES string of the molecule is CCNCC(OCc1ccco1)C(C)C. The Labute approximate surface area is 91.8 Å². The largest absolute Gasteiger partial charge is 0.467 e. The van der Waals surface area contributed by atoms with E-state index in [0.29, 0.717) is 12.5 Å². The summed E-state index contributed by atoms with van der Waals surface area (Å²) in [5, 5.41) is 3.30. The zero-order valence-corrected chi connectivity index (χ0v) is 9.82. The van der Waals surface area contributed by atoms with Gasteiger partial charge in [0, 0.05) is 6.54 Å². The van der Waals surface area contributed by atoms with E-state index in [-0.39, 0.29) is 6.10 Å². The van der Waals surface area contributed by atoms with Gasteiger partial charge in [0.1, 0.15) is 12.4 Å². The van der Waals surface area contributed by atoms with E-state index in [2.05, 4.69) is 26.1 Å². The van der Waals surface area contributed by atoms with Crippen molar-refractivity contribution in [2.75, 3.05) is 13.1 Å².